The van der Waals surface area contributed by atoms with E-state index in [4.69, 9.17) is 16.6 Å². The maximum absolute atomic E-state index is 13.4. The number of rotatable bonds is 6. The van der Waals surface area contributed by atoms with Crippen LogP contribution in [0, 0.1) is 30.1 Å². The number of terminal acetylenes is 1. The van der Waals surface area contributed by atoms with Gasteiger partial charge in [-0.25, -0.2) is 9.59 Å². The third-order valence-electron chi connectivity index (χ3n) is 6.18. The predicted molar refractivity (Wildman–Crippen MR) is 132 cm³/mol. The lowest BCUT2D eigenvalue weighted by Crippen LogP contribution is -2.26. The normalized spacial score (nSPS) is 23.3. The van der Waals surface area contributed by atoms with Gasteiger partial charge in [-0.3, -0.25) is 9.69 Å². The molecule has 1 saturated heterocycles. The SMILES string of the molecule is C#CCNC1=NC(=O)S/C1=C\[C@H]1[C@H]2CN(Cc3ccc(C(F)(F)F)cc3C(F)(F)F)C[C@@H]12.O=C(O)/C=C\C(=O)O. The van der Waals surface area contributed by atoms with Crippen molar-refractivity contribution in [2.24, 2.45) is 22.7 Å². The molecule has 0 radical (unpaired) electrons. The predicted octanol–water partition coefficient (Wildman–Crippen LogP) is 4.49. The Morgan fingerprint density at radius 1 is 1.10 bits per heavy atom. The minimum absolute atomic E-state index is 0.0764. The lowest BCUT2D eigenvalue weighted by atomic mass is 10.0. The Labute approximate surface area is 227 Å². The molecule has 2 fully saturated rings. The van der Waals surface area contributed by atoms with Crippen LogP contribution in [-0.4, -0.2) is 57.8 Å². The number of piperidine rings is 1. The van der Waals surface area contributed by atoms with E-state index in [2.05, 4.69) is 16.2 Å². The van der Waals surface area contributed by atoms with Crippen LogP contribution in [0.25, 0.3) is 0 Å². The fourth-order valence-electron chi connectivity index (χ4n) is 4.43. The molecule has 1 aliphatic carbocycles. The van der Waals surface area contributed by atoms with Crippen LogP contribution in [0.2, 0.25) is 0 Å². The van der Waals surface area contributed by atoms with Crippen molar-refractivity contribution in [2.45, 2.75) is 18.9 Å². The number of benzene rings is 1. The molecule has 2 heterocycles. The Balaban J connectivity index is 0.000000482. The van der Waals surface area contributed by atoms with Crippen LogP contribution in [-0.2, 0) is 28.5 Å². The Bertz CT molecular complexity index is 1290. The van der Waals surface area contributed by atoms with Gasteiger partial charge in [0.15, 0.2) is 0 Å². The molecule has 8 nitrogen and oxygen atoms in total. The zero-order valence-electron chi connectivity index (χ0n) is 20.3. The van der Waals surface area contributed by atoms with Crippen molar-refractivity contribution in [3.8, 4) is 12.3 Å². The van der Waals surface area contributed by atoms with Gasteiger partial charge in [0.05, 0.1) is 22.6 Å². The molecule has 214 valence electrons. The van der Waals surface area contributed by atoms with Crippen molar-refractivity contribution in [3.63, 3.8) is 0 Å². The van der Waals surface area contributed by atoms with Gasteiger partial charge in [0.25, 0.3) is 0 Å². The first-order chi connectivity index (χ1) is 18.6. The Kier molecular flexibility index (Phi) is 9.36. The summed E-state index contributed by atoms with van der Waals surface area (Å²) in [6.07, 6.45) is -1.44. The van der Waals surface area contributed by atoms with Crippen molar-refractivity contribution in [3.05, 3.63) is 58.0 Å². The van der Waals surface area contributed by atoms with Crippen molar-refractivity contribution in [1.29, 1.82) is 0 Å². The quantitative estimate of drug-likeness (QED) is 0.253. The third kappa shape index (κ3) is 8.12. The number of aliphatic carboxylic acids is 2. The summed E-state index contributed by atoms with van der Waals surface area (Å²) in [5.74, 6) is 0.933. The van der Waals surface area contributed by atoms with E-state index in [0.717, 1.165) is 17.8 Å². The van der Waals surface area contributed by atoms with Gasteiger partial charge < -0.3 is 15.5 Å². The fourth-order valence-corrected chi connectivity index (χ4v) is 5.20. The number of hydrogen-bond donors (Lipinski definition) is 3. The number of allylic oxidation sites excluding steroid dienone is 1. The first-order valence-electron chi connectivity index (χ1n) is 11.4. The average Bonchev–Trinajstić information content (AvgIpc) is 3.13. The van der Waals surface area contributed by atoms with Crippen LogP contribution in [0.5, 0.6) is 0 Å². The van der Waals surface area contributed by atoms with Gasteiger partial charge in [-0.05, 0) is 47.2 Å². The van der Waals surface area contributed by atoms with Crippen molar-refractivity contribution in [2.75, 3.05) is 19.6 Å². The molecule has 3 atom stereocenters. The molecule has 1 saturated carbocycles. The van der Waals surface area contributed by atoms with Crippen LogP contribution < -0.4 is 5.32 Å². The van der Waals surface area contributed by atoms with E-state index >= 15 is 0 Å². The summed E-state index contributed by atoms with van der Waals surface area (Å²) in [6, 6.07) is 1.78. The van der Waals surface area contributed by atoms with Crippen LogP contribution >= 0.6 is 11.8 Å². The van der Waals surface area contributed by atoms with E-state index in [-0.39, 0.29) is 47.7 Å². The molecule has 1 amide bonds. The Morgan fingerprint density at radius 2 is 1.70 bits per heavy atom. The number of likely N-dealkylation sites (tertiary alicyclic amines) is 1. The highest BCUT2D eigenvalue weighted by atomic mass is 32.2. The molecule has 0 bridgehead atoms. The second kappa shape index (κ2) is 12.2. The number of thioether (sulfide) groups is 1. The number of amidine groups is 1. The highest BCUT2D eigenvalue weighted by Gasteiger charge is 2.54. The van der Waals surface area contributed by atoms with Crippen molar-refractivity contribution < 1.29 is 50.9 Å². The van der Waals surface area contributed by atoms with Gasteiger partial charge in [0.2, 0.25) is 0 Å². The molecule has 3 N–H and O–H groups in total. The number of fused-ring (bicyclic) bond motifs is 1. The average molecular weight is 590 g/mol. The number of carbonyl (C=O) groups is 3. The smallest absolute Gasteiger partial charge is 0.416 e. The summed E-state index contributed by atoms with van der Waals surface area (Å²) in [5, 5.41) is 18.2. The monoisotopic (exact) mass is 589 g/mol. The maximum atomic E-state index is 13.4. The van der Waals surface area contributed by atoms with Gasteiger partial charge >= 0.3 is 29.5 Å². The number of alkyl halides is 6. The summed E-state index contributed by atoms with van der Waals surface area (Å²) >= 11 is 0.999. The zero-order valence-corrected chi connectivity index (χ0v) is 21.1. The molecule has 0 spiro atoms. The number of halogens is 6. The van der Waals surface area contributed by atoms with Gasteiger partial charge in [0.1, 0.15) is 5.84 Å². The number of hydrogen-bond acceptors (Lipinski definition) is 6. The zero-order chi connectivity index (χ0) is 29.8. The van der Waals surface area contributed by atoms with Gasteiger partial charge in [-0.2, -0.15) is 31.3 Å². The van der Waals surface area contributed by atoms with Crippen LogP contribution in [0.4, 0.5) is 31.1 Å². The number of aliphatic imine (C=N–C) groups is 1. The first-order valence-corrected chi connectivity index (χ1v) is 12.3. The van der Waals surface area contributed by atoms with Gasteiger partial charge in [-0.1, -0.05) is 18.1 Å². The molecule has 40 heavy (non-hydrogen) atoms. The molecule has 1 aromatic carbocycles. The second-order valence-electron chi connectivity index (χ2n) is 8.89. The van der Waals surface area contributed by atoms with Crippen molar-refractivity contribution >= 4 is 34.8 Å². The lowest BCUT2D eigenvalue weighted by Gasteiger charge is -2.22. The summed E-state index contributed by atoms with van der Waals surface area (Å²) < 4.78 is 78.7. The molecule has 1 aromatic rings. The highest BCUT2D eigenvalue weighted by molar-refractivity contribution is 8.18. The van der Waals surface area contributed by atoms with Crippen LogP contribution in [0.3, 0.4) is 0 Å². The van der Waals surface area contributed by atoms with E-state index in [1.165, 1.54) is 0 Å². The van der Waals surface area contributed by atoms with Gasteiger partial charge in [0, 0.05) is 31.8 Å². The molecule has 2 aliphatic heterocycles. The summed E-state index contributed by atoms with van der Waals surface area (Å²) in [4.78, 5) is 37.1. The molecule has 3 aliphatic rings. The molecule has 0 aromatic heterocycles. The Hall–Kier alpha value is -3.77. The Morgan fingerprint density at radius 3 is 2.20 bits per heavy atom. The van der Waals surface area contributed by atoms with E-state index < -0.39 is 35.4 Å². The number of carbonyl (C=O) groups excluding carboxylic acids is 1. The third-order valence-corrected chi connectivity index (χ3v) is 6.99. The number of carboxylic acid groups (broad SMARTS) is 2. The molecular formula is C25H21F6N3O5S. The number of carboxylic acids is 2. The van der Waals surface area contributed by atoms with E-state index in [0.29, 0.717) is 42.0 Å². The maximum Gasteiger partial charge on any atom is 0.416 e. The number of nitrogens with one attached hydrogen (secondary N) is 1. The van der Waals surface area contributed by atoms with E-state index in [1.54, 1.807) is 0 Å². The van der Waals surface area contributed by atoms with E-state index in [9.17, 15) is 40.7 Å². The van der Waals surface area contributed by atoms with E-state index in [1.807, 2.05) is 11.0 Å². The molecule has 15 heteroatoms. The largest absolute Gasteiger partial charge is 0.478 e. The summed E-state index contributed by atoms with van der Waals surface area (Å²) in [7, 11) is 0. The second-order valence-corrected chi connectivity index (χ2v) is 9.89. The summed E-state index contributed by atoms with van der Waals surface area (Å²) in [5.41, 5.74) is -2.75. The topological polar surface area (TPSA) is 119 Å². The first kappa shape index (κ1) is 30.8. The number of amides is 1. The lowest BCUT2D eigenvalue weighted by molar-refractivity contribution is -0.143. The van der Waals surface area contributed by atoms with Crippen LogP contribution in [0.15, 0.2) is 46.3 Å². The van der Waals surface area contributed by atoms with Gasteiger partial charge in [-0.15, -0.1) is 6.42 Å². The fraction of sp³-hybridized carbons (Fsp3) is 0.360. The highest BCUT2D eigenvalue weighted by Crippen LogP contribution is 2.54. The molecule has 0 unspecified atom stereocenters. The minimum atomic E-state index is -4.88. The molecule has 4 rings (SSSR count). The number of nitrogens with zero attached hydrogens (tertiary/aromatic N) is 2. The molecular weight excluding hydrogens is 568 g/mol. The van der Waals surface area contributed by atoms with Crippen molar-refractivity contribution in [1.82, 2.24) is 10.2 Å². The standard InChI is InChI=1S/C21H17F6N3OS.C4H4O4/c1-2-5-28-18-17(32-19(31)29-18)7-13-14-9-30(10-15(13)14)8-11-3-4-12(20(22,23)24)6-16(11)21(25,26)27;5-3(6)1-2-4(7)8/h1,3-4,6-7,13-15H,5,8-10H2,(H,28,29,31);1-2H,(H,5,6)(H,7,8)/b17-7-;2-1-/t13-,14+,15-;. The summed E-state index contributed by atoms with van der Waals surface area (Å²) in [6.45, 7) is 1.21. The minimum Gasteiger partial charge on any atom is -0.478 e. The van der Waals surface area contributed by atoms with Crippen LogP contribution in [0.1, 0.15) is 16.7 Å².